The minimum atomic E-state index is -1.05. The Morgan fingerprint density at radius 2 is 1.00 bits per heavy atom. The second-order valence-corrected chi connectivity index (χ2v) is 19.9. The van der Waals surface area contributed by atoms with Crippen LogP contribution in [0.4, 0.5) is 4.79 Å². The van der Waals surface area contributed by atoms with E-state index in [9.17, 15) is 24.0 Å². The van der Waals surface area contributed by atoms with Crippen molar-refractivity contribution in [2.24, 2.45) is 10.9 Å². The zero-order valence-corrected chi connectivity index (χ0v) is 47.5. The van der Waals surface area contributed by atoms with Crippen molar-refractivity contribution in [2.45, 2.75) is 51.2 Å². The number of hydrogen-bond donors (Lipinski definition) is 0. The van der Waals surface area contributed by atoms with E-state index in [0.717, 1.165) is 46.6 Å². The molecule has 7 aromatic rings. The number of hydrogen-bond acceptors (Lipinski definition) is 13. The zero-order valence-electron chi connectivity index (χ0n) is 46.6. The fourth-order valence-corrected chi connectivity index (χ4v) is 10.6. The first-order valence-electron chi connectivity index (χ1n) is 26.4. The summed E-state index contributed by atoms with van der Waals surface area (Å²) in [5, 5.41) is 3.99. The summed E-state index contributed by atoms with van der Waals surface area (Å²) >= 11 is 0. The van der Waals surface area contributed by atoms with Crippen LogP contribution < -0.4 is 15.9 Å². The maximum Gasteiger partial charge on any atom is 0.509 e. The number of methoxy groups -OCH3 is 4. The summed E-state index contributed by atoms with van der Waals surface area (Å²) in [5.74, 6) is -3.12. The predicted octanol–water partition coefficient (Wildman–Crippen LogP) is 12.2. The summed E-state index contributed by atoms with van der Waals surface area (Å²) in [7, 11) is 4.29. The average Bonchev–Trinajstić information content (AvgIpc) is 4.19. The Morgan fingerprint density at radius 3 is 1.47 bits per heavy atom. The van der Waals surface area contributed by atoms with Gasteiger partial charge in [0.15, 0.2) is 5.92 Å². The molecular formula is C67H70NO12P. The molecule has 0 bridgehead atoms. The third-order valence-electron chi connectivity index (χ3n) is 12.1. The standard InChI is InChI=1S/C24H24NOP.C20H20O4.C18H18O3.C5H8O4/c1-2-11-19-18-26-24(25-19)22-16-9-10-17-23(22)27(20-12-5-3-6-13-20)21-14-7-4-8-15-21;1-23-19(21)18(20(22)24-2)17(16-11-7-4-8-12-16)14-13-15-9-5-3-6-10-15;1-2-20-18(19)21-17(16-11-7-4-8-12-16)14-13-15-9-5-3-6-10-15;1-8-4(6)3-5(7)9-2/h3-10,12-17,19H,2,11,18H2,1H3;3-14,17-18H,1-2H3;3-14,17H,2H2,1H3;3H2,1-2H3/b;2*14-13+;/t19-;;;/m1.../s1. The molecule has 0 saturated heterocycles. The van der Waals surface area contributed by atoms with E-state index in [1.54, 1.807) is 6.92 Å². The Kier molecular flexibility index (Phi) is 27.6. The average molecular weight is 1110 g/mol. The first-order valence-corrected chi connectivity index (χ1v) is 27.8. The van der Waals surface area contributed by atoms with E-state index < -0.39 is 55.9 Å². The number of rotatable bonds is 19. The van der Waals surface area contributed by atoms with Crippen LogP contribution in [-0.4, -0.2) is 83.6 Å². The van der Waals surface area contributed by atoms with Crippen LogP contribution in [0.3, 0.4) is 0 Å². The molecule has 0 fully saturated rings. The monoisotopic (exact) mass is 1110 g/mol. The van der Waals surface area contributed by atoms with Crippen LogP contribution in [0.25, 0.3) is 12.2 Å². The first-order chi connectivity index (χ1) is 39.5. The number of ether oxygens (including phenoxy) is 7. The van der Waals surface area contributed by atoms with Gasteiger partial charge in [-0.2, -0.15) is 0 Å². The summed E-state index contributed by atoms with van der Waals surface area (Å²) in [4.78, 5) is 61.3. The van der Waals surface area contributed by atoms with Crippen molar-refractivity contribution in [2.75, 3.05) is 41.7 Å². The molecule has 1 aliphatic rings. The molecule has 0 amide bonds. The molecule has 0 radical (unpaired) electrons. The maximum absolute atomic E-state index is 12.2. The van der Waals surface area contributed by atoms with Gasteiger partial charge in [-0.05, 0) is 71.6 Å². The van der Waals surface area contributed by atoms with Gasteiger partial charge in [0.25, 0.3) is 0 Å². The number of benzene rings is 7. The molecule has 1 aliphatic heterocycles. The van der Waals surface area contributed by atoms with Crippen molar-refractivity contribution >= 4 is 71.9 Å². The van der Waals surface area contributed by atoms with E-state index in [0.29, 0.717) is 13.2 Å². The van der Waals surface area contributed by atoms with E-state index in [4.69, 9.17) is 28.7 Å². The van der Waals surface area contributed by atoms with Crippen LogP contribution in [0, 0.1) is 5.92 Å². The number of carbonyl (C=O) groups excluding carboxylic acids is 5. The van der Waals surface area contributed by atoms with Gasteiger partial charge in [-0.3, -0.25) is 19.2 Å². The Balaban J connectivity index is 0.000000209. The smallest absolute Gasteiger partial charge is 0.475 e. The number of carbonyl (C=O) groups is 5. The minimum absolute atomic E-state index is 0.290. The quantitative estimate of drug-likeness (QED) is 0.0326. The normalized spacial score (nSPS) is 13.0. The van der Waals surface area contributed by atoms with Crippen LogP contribution in [0.5, 0.6) is 0 Å². The predicted molar refractivity (Wildman–Crippen MR) is 320 cm³/mol. The van der Waals surface area contributed by atoms with Crippen molar-refractivity contribution in [3.63, 3.8) is 0 Å². The van der Waals surface area contributed by atoms with E-state index in [1.165, 1.54) is 44.4 Å². The molecular weight excluding hydrogens is 1040 g/mol. The molecule has 0 N–H and O–H groups in total. The van der Waals surface area contributed by atoms with E-state index in [1.807, 2.05) is 146 Å². The van der Waals surface area contributed by atoms with Gasteiger partial charge in [-0.15, -0.1) is 0 Å². The van der Waals surface area contributed by atoms with E-state index in [2.05, 4.69) is 101 Å². The van der Waals surface area contributed by atoms with Crippen molar-refractivity contribution < 1.29 is 57.1 Å². The summed E-state index contributed by atoms with van der Waals surface area (Å²) < 4.78 is 34.2. The van der Waals surface area contributed by atoms with Gasteiger partial charge in [0.1, 0.15) is 19.1 Å². The Labute approximate surface area is 477 Å². The SMILES string of the molecule is CCC[C@@H]1COC(c2ccccc2P(c2ccccc2)c2ccccc2)=N1.CCOC(=O)OC(/C=C/c1ccccc1)c1ccccc1.COC(=O)C(C(=O)OC)C(/C=C/c1ccccc1)c1ccccc1.COC(=O)CC(=O)OC. The van der Waals surface area contributed by atoms with Gasteiger partial charge in [0, 0.05) is 11.5 Å². The molecule has 13 nitrogen and oxygen atoms in total. The number of allylic oxidation sites excluding steroid dienone is 1. The maximum atomic E-state index is 12.2. The summed E-state index contributed by atoms with van der Waals surface area (Å²) in [6.45, 7) is 4.94. The molecule has 3 atom stereocenters. The zero-order chi connectivity index (χ0) is 58.0. The van der Waals surface area contributed by atoms with Crippen molar-refractivity contribution in [1.82, 2.24) is 0 Å². The van der Waals surface area contributed by atoms with Crippen molar-refractivity contribution in [3.05, 3.63) is 246 Å². The fourth-order valence-electron chi connectivity index (χ4n) is 8.13. The van der Waals surface area contributed by atoms with E-state index in [-0.39, 0.29) is 12.5 Å². The lowest BCUT2D eigenvalue weighted by Gasteiger charge is -2.22. The largest absolute Gasteiger partial charge is 0.509 e. The third-order valence-corrected chi connectivity index (χ3v) is 14.6. The topological polar surface area (TPSA) is 162 Å². The van der Waals surface area contributed by atoms with Crippen molar-refractivity contribution in [3.8, 4) is 0 Å². The first kappa shape index (κ1) is 62.9. The molecule has 0 aromatic heterocycles. The lowest BCUT2D eigenvalue weighted by molar-refractivity contribution is -0.159. The molecule has 1 heterocycles. The van der Waals surface area contributed by atoms with Crippen molar-refractivity contribution in [1.29, 1.82) is 0 Å². The number of aliphatic imine (C=N–C) groups is 1. The van der Waals surface area contributed by atoms with E-state index >= 15 is 0 Å². The van der Waals surface area contributed by atoms with Crippen LogP contribution in [0.2, 0.25) is 0 Å². The molecule has 8 rings (SSSR count). The molecule has 0 aliphatic carbocycles. The summed E-state index contributed by atoms with van der Waals surface area (Å²) in [6, 6.07) is 68.9. The highest BCUT2D eigenvalue weighted by Crippen LogP contribution is 2.35. The number of nitrogens with zero attached hydrogens (tertiary/aromatic N) is 1. The minimum Gasteiger partial charge on any atom is -0.475 e. The summed E-state index contributed by atoms with van der Waals surface area (Å²) in [5.41, 5.74) is 4.90. The molecule has 7 aromatic carbocycles. The highest BCUT2D eigenvalue weighted by Gasteiger charge is 2.36. The Hall–Kier alpha value is -8.93. The molecule has 2 unspecified atom stereocenters. The second-order valence-electron chi connectivity index (χ2n) is 17.7. The number of esters is 4. The molecule has 0 spiro atoms. The summed E-state index contributed by atoms with van der Waals surface area (Å²) in [6.07, 6.45) is 8.27. The highest BCUT2D eigenvalue weighted by atomic mass is 31.1. The second kappa shape index (κ2) is 35.6. The molecule has 0 saturated carbocycles. The molecule has 14 heteroatoms. The van der Waals surface area contributed by atoms with Gasteiger partial charge < -0.3 is 33.2 Å². The third kappa shape index (κ3) is 21.0. The van der Waals surface area contributed by atoms with Gasteiger partial charge >= 0.3 is 30.0 Å². The van der Waals surface area contributed by atoms with Crippen LogP contribution in [-0.2, 0) is 52.3 Å². The lowest BCUT2D eigenvalue weighted by Crippen LogP contribution is -2.31. The highest BCUT2D eigenvalue weighted by molar-refractivity contribution is 7.80. The fraction of sp³-hybridized carbons (Fsp3) is 0.224. The van der Waals surface area contributed by atoms with Crippen LogP contribution in [0.1, 0.15) is 72.9 Å². The van der Waals surface area contributed by atoms with Crippen LogP contribution in [0.15, 0.2) is 223 Å². The Morgan fingerprint density at radius 1 is 0.556 bits per heavy atom. The van der Waals surface area contributed by atoms with Gasteiger partial charge in [0.05, 0.1) is 41.1 Å². The Bertz CT molecular complexity index is 3000. The molecule has 81 heavy (non-hydrogen) atoms. The molecule has 420 valence electrons. The van der Waals surface area contributed by atoms with Crippen LogP contribution >= 0.6 is 7.92 Å². The van der Waals surface area contributed by atoms with Gasteiger partial charge in [-0.1, -0.05) is 232 Å². The lowest BCUT2D eigenvalue weighted by atomic mass is 9.85. The van der Waals surface area contributed by atoms with Gasteiger partial charge in [0.2, 0.25) is 5.90 Å². The van der Waals surface area contributed by atoms with Gasteiger partial charge in [-0.25, -0.2) is 9.79 Å².